The molecule has 2 heterocycles. The summed E-state index contributed by atoms with van der Waals surface area (Å²) >= 11 is 0. The first-order valence-corrected chi connectivity index (χ1v) is 10.9. The van der Waals surface area contributed by atoms with Crippen molar-refractivity contribution in [3.8, 4) is 0 Å². The van der Waals surface area contributed by atoms with Crippen LogP contribution in [0.25, 0.3) is 0 Å². The fourth-order valence-corrected chi connectivity index (χ4v) is 4.49. The Kier molecular flexibility index (Phi) is 8.30. The Bertz CT molecular complexity index is 677. The first-order valence-electron chi connectivity index (χ1n) is 10.9. The second kappa shape index (κ2) is 9.98. The number of rotatable bonds is 9. The van der Waals surface area contributed by atoms with Crippen LogP contribution in [0.15, 0.2) is 11.8 Å². The normalized spacial score (nSPS) is 32.3. The molecule has 3 unspecified atom stereocenters. The first kappa shape index (κ1) is 25.8. The average molecular weight is 442 g/mol. The largest absolute Gasteiger partial charge is 0.456 e. The van der Waals surface area contributed by atoms with E-state index in [4.69, 9.17) is 23.7 Å². The van der Waals surface area contributed by atoms with Gasteiger partial charge in [-0.25, -0.2) is 4.79 Å². The molecule has 31 heavy (non-hydrogen) atoms. The zero-order chi connectivity index (χ0) is 23.6. The number of nitrogens with zero attached hydrogens (tertiary/aromatic N) is 1. The van der Waals surface area contributed by atoms with Crippen LogP contribution in [0.4, 0.5) is 0 Å². The van der Waals surface area contributed by atoms with Crippen molar-refractivity contribution in [2.45, 2.75) is 90.3 Å². The third kappa shape index (κ3) is 6.06. The van der Waals surface area contributed by atoms with Gasteiger partial charge in [-0.1, -0.05) is 13.8 Å². The van der Waals surface area contributed by atoms with Gasteiger partial charge in [-0.2, -0.15) is 0 Å². The number of carbonyl (C=O) groups excluding carboxylic acids is 2. The van der Waals surface area contributed by atoms with E-state index >= 15 is 0 Å². The van der Waals surface area contributed by atoms with E-state index in [1.165, 1.54) is 6.08 Å². The van der Waals surface area contributed by atoms with Crippen molar-refractivity contribution in [1.82, 2.24) is 4.90 Å². The molecule has 0 aromatic heterocycles. The number of aldehydes is 1. The minimum absolute atomic E-state index is 0.0171. The highest BCUT2D eigenvalue weighted by Crippen LogP contribution is 2.38. The first-order chi connectivity index (χ1) is 14.3. The topological polar surface area (TPSA) is 83.5 Å². The lowest BCUT2D eigenvalue weighted by atomic mass is 9.84. The zero-order valence-electron chi connectivity index (χ0n) is 20.3. The minimum atomic E-state index is -1.09. The van der Waals surface area contributed by atoms with E-state index in [1.54, 1.807) is 21.0 Å². The molecule has 178 valence electrons. The predicted molar refractivity (Wildman–Crippen MR) is 115 cm³/mol. The number of cyclic esters (lactones) is 1. The van der Waals surface area contributed by atoms with Crippen LogP contribution in [0.5, 0.6) is 0 Å². The van der Waals surface area contributed by atoms with Gasteiger partial charge < -0.3 is 33.4 Å². The maximum atomic E-state index is 12.1. The number of carbonyl (C=O) groups is 2. The molecule has 7 atom stereocenters. The number of hydrogen-bond acceptors (Lipinski definition) is 8. The van der Waals surface area contributed by atoms with Crippen LogP contribution in [0.3, 0.4) is 0 Å². The highest BCUT2D eigenvalue weighted by Gasteiger charge is 2.47. The van der Waals surface area contributed by atoms with Crippen molar-refractivity contribution in [1.29, 1.82) is 0 Å². The SMILES string of the molecule is CO[C@](C)(CC=O)[C@H](O[C@@H]1OC(C)CC(N(C)C)C1C)[C@H](C)C1=CC(=O)OC(C)(C)O1. The molecule has 1 saturated heterocycles. The molecule has 0 N–H and O–H groups in total. The molecule has 0 radical (unpaired) electrons. The fourth-order valence-electron chi connectivity index (χ4n) is 4.49. The van der Waals surface area contributed by atoms with E-state index in [0.717, 1.165) is 12.7 Å². The summed E-state index contributed by atoms with van der Waals surface area (Å²) in [6.07, 6.45) is 2.07. The Morgan fingerprint density at radius 3 is 2.48 bits per heavy atom. The summed E-state index contributed by atoms with van der Waals surface area (Å²) in [7, 11) is 5.66. The van der Waals surface area contributed by atoms with Crippen molar-refractivity contribution in [2.24, 2.45) is 11.8 Å². The van der Waals surface area contributed by atoms with E-state index < -0.39 is 35.7 Å². The van der Waals surface area contributed by atoms with E-state index in [9.17, 15) is 9.59 Å². The Morgan fingerprint density at radius 2 is 1.97 bits per heavy atom. The lowest BCUT2D eigenvalue weighted by Crippen LogP contribution is -2.55. The molecule has 1 fully saturated rings. The van der Waals surface area contributed by atoms with Crippen LogP contribution in [0.1, 0.15) is 54.4 Å². The molecular weight excluding hydrogens is 402 g/mol. The van der Waals surface area contributed by atoms with Gasteiger partial charge in [-0.15, -0.1) is 0 Å². The van der Waals surface area contributed by atoms with Gasteiger partial charge in [0.2, 0.25) is 5.79 Å². The second-order valence-electron chi connectivity index (χ2n) is 9.64. The predicted octanol–water partition coefficient (Wildman–Crippen LogP) is 2.90. The lowest BCUT2D eigenvalue weighted by Gasteiger charge is -2.47. The van der Waals surface area contributed by atoms with Crippen LogP contribution >= 0.6 is 0 Å². The summed E-state index contributed by atoms with van der Waals surface area (Å²) in [5.41, 5.74) is -0.950. The Labute approximate surface area is 186 Å². The van der Waals surface area contributed by atoms with Crippen molar-refractivity contribution in [3.05, 3.63) is 11.8 Å². The van der Waals surface area contributed by atoms with Crippen molar-refractivity contribution in [3.63, 3.8) is 0 Å². The molecule has 0 aliphatic carbocycles. The summed E-state index contributed by atoms with van der Waals surface area (Å²) < 4.78 is 29.7. The summed E-state index contributed by atoms with van der Waals surface area (Å²) in [5.74, 6) is -1.45. The average Bonchev–Trinajstić information content (AvgIpc) is 2.66. The monoisotopic (exact) mass is 441 g/mol. The highest BCUT2D eigenvalue weighted by atomic mass is 16.7. The molecule has 2 rings (SSSR count). The maximum Gasteiger partial charge on any atom is 0.337 e. The van der Waals surface area contributed by atoms with Gasteiger partial charge in [0.1, 0.15) is 12.0 Å². The number of ether oxygens (including phenoxy) is 5. The molecule has 0 amide bonds. The van der Waals surface area contributed by atoms with Crippen molar-refractivity contribution >= 4 is 12.3 Å². The van der Waals surface area contributed by atoms with Gasteiger partial charge in [0.05, 0.1) is 23.9 Å². The third-order valence-corrected chi connectivity index (χ3v) is 6.35. The molecule has 0 saturated carbocycles. The van der Waals surface area contributed by atoms with Crippen LogP contribution < -0.4 is 0 Å². The molecule has 2 aliphatic rings. The molecule has 0 aromatic carbocycles. The van der Waals surface area contributed by atoms with Gasteiger partial charge in [-0.05, 0) is 34.4 Å². The summed E-state index contributed by atoms with van der Waals surface area (Å²) in [6.45, 7) is 11.2. The lowest BCUT2D eigenvalue weighted by molar-refractivity contribution is -0.283. The molecular formula is C23H39NO7. The fraction of sp³-hybridized carbons (Fsp3) is 0.826. The Hall–Kier alpha value is -1.48. The summed E-state index contributed by atoms with van der Waals surface area (Å²) in [5, 5.41) is 0. The van der Waals surface area contributed by atoms with E-state index in [1.807, 2.05) is 20.8 Å². The Morgan fingerprint density at radius 1 is 1.32 bits per heavy atom. The second-order valence-corrected chi connectivity index (χ2v) is 9.64. The van der Waals surface area contributed by atoms with Crippen LogP contribution in [-0.2, 0) is 33.3 Å². The third-order valence-electron chi connectivity index (χ3n) is 6.35. The highest BCUT2D eigenvalue weighted by molar-refractivity contribution is 5.83. The van der Waals surface area contributed by atoms with E-state index in [0.29, 0.717) is 5.76 Å². The Balaban J connectivity index is 2.39. The molecule has 0 spiro atoms. The van der Waals surface area contributed by atoms with Gasteiger partial charge in [0.15, 0.2) is 6.29 Å². The van der Waals surface area contributed by atoms with E-state index in [2.05, 4.69) is 25.9 Å². The van der Waals surface area contributed by atoms with Gasteiger partial charge in [0, 0.05) is 45.3 Å². The quantitative estimate of drug-likeness (QED) is 0.399. The number of hydrogen-bond donors (Lipinski definition) is 0. The van der Waals surface area contributed by atoms with Crippen LogP contribution in [-0.4, -0.2) is 74.3 Å². The van der Waals surface area contributed by atoms with Gasteiger partial charge in [-0.3, -0.25) is 0 Å². The van der Waals surface area contributed by atoms with Crippen LogP contribution in [0, 0.1) is 11.8 Å². The number of methoxy groups -OCH3 is 1. The molecule has 0 aromatic rings. The summed E-state index contributed by atoms with van der Waals surface area (Å²) in [6, 6.07) is 0.281. The molecule has 8 heteroatoms. The minimum Gasteiger partial charge on any atom is -0.456 e. The zero-order valence-corrected chi connectivity index (χ0v) is 20.3. The maximum absolute atomic E-state index is 12.1. The standard InChI is InChI=1S/C23H39NO7/c1-14-12-17(24(7)8)15(2)21(28-14)29-20(23(6,27-9)10-11-25)16(3)18-13-19(26)31-22(4,5)30-18/h11,13-17,20-21H,10,12H2,1-9H3/t14?,15?,16-,17?,20-,21+,23-/m1/s1. The van der Waals surface area contributed by atoms with Gasteiger partial charge >= 0.3 is 5.97 Å². The summed E-state index contributed by atoms with van der Waals surface area (Å²) in [4.78, 5) is 25.8. The van der Waals surface area contributed by atoms with Crippen molar-refractivity contribution in [2.75, 3.05) is 21.2 Å². The van der Waals surface area contributed by atoms with Crippen LogP contribution in [0.2, 0.25) is 0 Å². The molecule has 0 bridgehead atoms. The molecule has 2 aliphatic heterocycles. The van der Waals surface area contributed by atoms with Gasteiger partial charge in [0.25, 0.3) is 0 Å². The molecule has 8 nitrogen and oxygen atoms in total. The van der Waals surface area contributed by atoms with Crippen molar-refractivity contribution < 1.29 is 33.3 Å². The van der Waals surface area contributed by atoms with E-state index in [-0.39, 0.29) is 24.5 Å². The number of esters is 1. The smallest absolute Gasteiger partial charge is 0.337 e.